The number of piperidine rings is 1. The number of likely N-dealkylation sites (N-methyl/N-ethyl adjacent to an activating group) is 1. The zero-order chi connectivity index (χ0) is 18.9. The molecule has 0 aliphatic carbocycles. The summed E-state index contributed by atoms with van der Waals surface area (Å²) in [6, 6.07) is 7.73. The molecule has 1 N–H and O–H groups in total. The monoisotopic (exact) mass is 359 g/mol. The Hall–Kier alpha value is -2.08. The summed E-state index contributed by atoms with van der Waals surface area (Å²) in [7, 11) is 3.52. The molecule has 3 amide bonds. The Kier molecular flexibility index (Phi) is 5.23. The zero-order valence-corrected chi connectivity index (χ0v) is 16.1. The lowest BCUT2D eigenvalue weighted by atomic mass is 9.80. The second-order valence-electron chi connectivity index (χ2n) is 7.84. The minimum Gasteiger partial charge on any atom is -0.362 e. The molecular weight excluding hydrogens is 330 g/mol. The van der Waals surface area contributed by atoms with Gasteiger partial charge in [-0.2, -0.15) is 0 Å². The van der Waals surface area contributed by atoms with E-state index in [1.165, 1.54) is 0 Å². The topological polar surface area (TPSA) is 61.9 Å². The van der Waals surface area contributed by atoms with E-state index in [4.69, 9.17) is 4.74 Å². The molecule has 2 heterocycles. The van der Waals surface area contributed by atoms with Crippen LogP contribution in [0.3, 0.4) is 0 Å². The van der Waals surface area contributed by atoms with E-state index in [0.29, 0.717) is 13.1 Å². The molecule has 2 saturated heterocycles. The summed E-state index contributed by atoms with van der Waals surface area (Å²) in [4.78, 5) is 28.3. The highest BCUT2D eigenvalue weighted by Crippen LogP contribution is 2.42. The quantitative estimate of drug-likeness (QED) is 0.883. The van der Waals surface area contributed by atoms with Crippen LogP contribution in [0.2, 0.25) is 0 Å². The van der Waals surface area contributed by atoms with Crippen molar-refractivity contribution in [2.24, 2.45) is 5.92 Å². The maximum Gasteiger partial charge on any atom is 0.321 e. The molecule has 0 aromatic heterocycles. The highest BCUT2D eigenvalue weighted by molar-refractivity contribution is 5.89. The molecule has 2 aliphatic rings. The normalized spacial score (nSPS) is 28.2. The minimum absolute atomic E-state index is 0.0358. The Morgan fingerprint density at radius 2 is 2.08 bits per heavy atom. The highest BCUT2D eigenvalue weighted by Gasteiger charge is 2.49. The van der Waals surface area contributed by atoms with Gasteiger partial charge in [0.1, 0.15) is 6.10 Å². The van der Waals surface area contributed by atoms with Crippen LogP contribution in [0.1, 0.15) is 31.7 Å². The van der Waals surface area contributed by atoms with Gasteiger partial charge in [0, 0.05) is 38.8 Å². The number of rotatable bonds is 2. The van der Waals surface area contributed by atoms with E-state index >= 15 is 0 Å². The van der Waals surface area contributed by atoms with E-state index in [-0.39, 0.29) is 29.6 Å². The maximum absolute atomic E-state index is 12.6. The Bertz CT molecular complexity index is 691. The van der Waals surface area contributed by atoms with Gasteiger partial charge in [0.2, 0.25) is 0 Å². The van der Waals surface area contributed by atoms with Crippen molar-refractivity contribution in [1.82, 2.24) is 9.80 Å². The molecule has 1 aromatic carbocycles. The van der Waals surface area contributed by atoms with Crippen molar-refractivity contribution in [2.75, 3.05) is 32.5 Å². The van der Waals surface area contributed by atoms with Crippen molar-refractivity contribution in [3.05, 3.63) is 29.8 Å². The summed E-state index contributed by atoms with van der Waals surface area (Å²) in [6.45, 7) is 5.41. The van der Waals surface area contributed by atoms with Gasteiger partial charge < -0.3 is 19.9 Å². The van der Waals surface area contributed by atoms with E-state index < -0.39 is 0 Å². The third kappa shape index (κ3) is 3.70. The number of nitrogens with zero attached hydrogens (tertiary/aromatic N) is 2. The number of carbonyl (C=O) groups excluding carboxylic acids is 2. The molecule has 2 fully saturated rings. The lowest BCUT2D eigenvalue weighted by molar-refractivity contribution is -0.153. The van der Waals surface area contributed by atoms with Crippen LogP contribution in [-0.2, 0) is 9.53 Å². The van der Waals surface area contributed by atoms with Crippen LogP contribution >= 0.6 is 0 Å². The highest BCUT2D eigenvalue weighted by atomic mass is 16.5. The van der Waals surface area contributed by atoms with Gasteiger partial charge in [-0.15, -0.1) is 0 Å². The number of amides is 3. The van der Waals surface area contributed by atoms with Gasteiger partial charge in [-0.25, -0.2) is 4.79 Å². The van der Waals surface area contributed by atoms with Crippen molar-refractivity contribution in [3.8, 4) is 0 Å². The van der Waals surface area contributed by atoms with E-state index in [2.05, 4.69) is 12.2 Å². The molecular formula is C20H29N3O3. The number of ether oxygens (including phenoxy) is 1. The third-order valence-corrected chi connectivity index (χ3v) is 5.68. The SMILES string of the molecule is Cc1cccc(NC(=O)N2CC[C@]3(CC[C@H](C(=O)N(C)C)O3)[C@@H](C)C2)c1. The molecule has 3 atom stereocenters. The van der Waals surface area contributed by atoms with Gasteiger partial charge in [0.15, 0.2) is 0 Å². The van der Waals surface area contributed by atoms with Gasteiger partial charge in [-0.3, -0.25) is 4.79 Å². The molecule has 6 nitrogen and oxygen atoms in total. The van der Waals surface area contributed by atoms with E-state index in [1.807, 2.05) is 36.1 Å². The molecule has 0 unspecified atom stereocenters. The summed E-state index contributed by atoms with van der Waals surface area (Å²) in [5.41, 5.74) is 1.65. The first-order valence-corrected chi connectivity index (χ1v) is 9.32. The number of hydrogen-bond acceptors (Lipinski definition) is 3. The summed E-state index contributed by atoms with van der Waals surface area (Å²) in [5, 5.41) is 2.98. The summed E-state index contributed by atoms with van der Waals surface area (Å²) < 4.78 is 6.24. The van der Waals surface area contributed by atoms with Crippen molar-refractivity contribution in [2.45, 2.75) is 44.8 Å². The predicted octanol–water partition coefficient (Wildman–Crippen LogP) is 2.87. The molecule has 0 bridgehead atoms. The number of anilines is 1. The first-order chi connectivity index (χ1) is 12.3. The molecule has 0 radical (unpaired) electrons. The number of urea groups is 1. The van der Waals surface area contributed by atoms with E-state index in [9.17, 15) is 9.59 Å². The first-order valence-electron chi connectivity index (χ1n) is 9.32. The number of hydrogen-bond donors (Lipinski definition) is 1. The maximum atomic E-state index is 12.6. The molecule has 2 aliphatic heterocycles. The fraction of sp³-hybridized carbons (Fsp3) is 0.600. The molecule has 1 aromatic rings. The fourth-order valence-electron chi connectivity index (χ4n) is 4.05. The molecule has 142 valence electrons. The Morgan fingerprint density at radius 1 is 1.31 bits per heavy atom. The van der Waals surface area contributed by atoms with Gasteiger partial charge >= 0.3 is 6.03 Å². The fourth-order valence-corrected chi connectivity index (χ4v) is 4.05. The molecule has 26 heavy (non-hydrogen) atoms. The minimum atomic E-state index is -0.347. The smallest absolute Gasteiger partial charge is 0.321 e. The molecule has 3 rings (SSSR count). The van der Waals surface area contributed by atoms with Crippen molar-refractivity contribution in [1.29, 1.82) is 0 Å². The Balaban J connectivity index is 1.60. The lowest BCUT2D eigenvalue weighted by Gasteiger charge is -2.44. The van der Waals surface area contributed by atoms with Crippen LogP contribution in [0, 0.1) is 12.8 Å². The number of aryl methyl sites for hydroxylation is 1. The summed E-state index contributed by atoms with van der Waals surface area (Å²) >= 11 is 0. The Morgan fingerprint density at radius 3 is 2.73 bits per heavy atom. The van der Waals surface area contributed by atoms with Gasteiger partial charge in [-0.1, -0.05) is 19.1 Å². The van der Waals surface area contributed by atoms with E-state index in [1.54, 1.807) is 19.0 Å². The second-order valence-corrected chi connectivity index (χ2v) is 7.84. The van der Waals surface area contributed by atoms with E-state index in [0.717, 1.165) is 30.5 Å². The van der Waals surface area contributed by atoms with Crippen LogP contribution in [0.25, 0.3) is 0 Å². The zero-order valence-electron chi connectivity index (χ0n) is 16.1. The third-order valence-electron chi connectivity index (χ3n) is 5.68. The number of nitrogens with one attached hydrogen (secondary N) is 1. The largest absolute Gasteiger partial charge is 0.362 e. The van der Waals surface area contributed by atoms with Gasteiger partial charge in [0.25, 0.3) is 5.91 Å². The van der Waals surface area contributed by atoms with Crippen LogP contribution in [-0.4, -0.2) is 60.6 Å². The van der Waals surface area contributed by atoms with Crippen molar-refractivity contribution in [3.63, 3.8) is 0 Å². The van der Waals surface area contributed by atoms with Crippen LogP contribution in [0.15, 0.2) is 24.3 Å². The van der Waals surface area contributed by atoms with Gasteiger partial charge in [0.05, 0.1) is 5.60 Å². The molecule has 0 saturated carbocycles. The average Bonchev–Trinajstić information content (AvgIpc) is 3.02. The number of benzene rings is 1. The van der Waals surface area contributed by atoms with Crippen molar-refractivity contribution < 1.29 is 14.3 Å². The van der Waals surface area contributed by atoms with Crippen LogP contribution < -0.4 is 5.32 Å². The summed E-state index contributed by atoms with van der Waals surface area (Å²) in [5.74, 6) is 0.230. The summed E-state index contributed by atoms with van der Waals surface area (Å²) in [6.07, 6.45) is 2.06. The first kappa shape index (κ1) is 18.7. The van der Waals surface area contributed by atoms with Crippen LogP contribution in [0.4, 0.5) is 10.5 Å². The number of likely N-dealkylation sites (tertiary alicyclic amines) is 1. The standard InChI is InChI=1S/C20H29N3O3/c1-14-6-5-7-16(12-14)21-19(25)23-11-10-20(15(2)13-23)9-8-17(26-20)18(24)22(3)4/h5-7,12,15,17H,8-11,13H2,1-4H3,(H,21,25)/t15-,17+,20+/m0/s1. The number of carbonyl (C=O) groups is 2. The molecule has 6 heteroatoms. The van der Waals surface area contributed by atoms with Crippen LogP contribution in [0.5, 0.6) is 0 Å². The van der Waals surface area contributed by atoms with Gasteiger partial charge in [-0.05, 0) is 43.9 Å². The predicted molar refractivity (Wildman–Crippen MR) is 101 cm³/mol. The lowest BCUT2D eigenvalue weighted by Crippen LogP contribution is -2.53. The average molecular weight is 359 g/mol. The van der Waals surface area contributed by atoms with Crippen molar-refractivity contribution >= 4 is 17.6 Å². The molecule has 1 spiro atoms. The second kappa shape index (κ2) is 7.27. The Labute approximate surface area is 155 Å².